The molecule has 0 bridgehead atoms. The Hall–Kier alpha value is -4.16. The Labute approximate surface area is 206 Å². The second kappa shape index (κ2) is 7.42. The Morgan fingerprint density at radius 2 is 1.14 bits per heavy atom. The Morgan fingerprint density at radius 1 is 0.429 bits per heavy atom. The summed E-state index contributed by atoms with van der Waals surface area (Å²) in [6.45, 7) is 4.72. The van der Waals surface area contributed by atoms with E-state index >= 15 is 0 Å². The van der Waals surface area contributed by atoms with Gasteiger partial charge in [-0.3, -0.25) is 0 Å². The zero-order chi connectivity index (χ0) is 23.6. The first-order valence-corrected chi connectivity index (χ1v) is 12.4. The number of fused-ring (bicyclic) bond motifs is 5. The van der Waals surface area contributed by atoms with Crippen molar-refractivity contribution in [1.82, 2.24) is 0 Å². The minimum absolute atomic E-state index is 0.0189. The quantitative estimate of drug-likeness (QED) is 0.232. The molecule has 6 aromatic carbocycles. The molecule has 0 aromatic heterocycles. The van der Waals surface area contributed by atoms with Crippen LogP contribution in [0.15, 0.2) is 121 Å². The van der Waals surface area contributed by atoms with E-state index in [2.05, 4.69) is 135 Å². The van der Waals surface area contributed by atoms with Crippen LogP contribution in [0.3, 0.4) is 0 Å². The smallest absolute Gasteiger partial charge is 0.0159 e. The number of hydrogen-bond acceptors (Lipinski definition) is 0. The van der Waals surface area contributed by atoms with E-state index in [1.54, 1.807) is 0 Å². The first-order chi connectivity index (χ1) is 17.1. The summed E-state index contributed by atoms with van der Waals surface area (Å²) in [5.41, 5.74) is 10.6. The predicted molar refractivity (Wildman–Crippen MR) is 150 cm³/mol. The van der Waals surface area contributed by atoms with Gasteiger partial charge in [0.25, 0.3) is 0 Å². The number of hydrogen-bond donors (Lipinski definition) is 0. The molecule has 0 saturated carbocycles. The van der Waals surface area contributed by atoms with Crippen LogP contribution < -0.4 is 0 Å². The summed E-state index contributed by atoms with van der Waals surface area (Å²) in [5.74, 6) is 0. The first-order valence-electron chi connectivity index (χ1n) is 12.4. The molecule has 0 saturated heterocycles. The van der Waals surface area contributed by atoms with E-state index in [9.17, 15) is 0 Å². The van der Waals surface area contributed by atoms with Crippen molar-refractivity contribution in [1.29, 1.82) is 0 Å². The van der Waals surface area contributed by atoms with Gasteiger partial charge < -0.3 is 0 Å². The zero-order valence-corrected chi connectivity index (χ0v) is 20.0. The average molecular weight is 447 g/mol. The van der Waals surface area contributed by atoms with Crippen molar-refractivity contribution < 1.29 is 0 Å². The fraction of sp³-hybridized carbons (Fsp3) is 0.0857. The van der Waals surface area contributed by atoms with Gasteiger partial charge in [-0.1, -0.05) is 111 Å². The molecule has 1 aliphatic carbocycles. The Morgan fingerprint density at radius 3 is 2.03 bits per heavy atom. The van der Waals surface area contributed by atoms with Crippen molar-refractivity contribution in [2.75, 3.05) is 0 Å². The highest BCUT2D eigenvalue weighted by Crippen LogP contribution is 2.51. The number of rotatable bonds is 2. The van der Waals surface area contributed by atoms with E-state index in [1.807, 2.05) is 0 Å². The molecule has 0 radical (unpaired) electrons. The van der Waals surface area contributed by atoms with Crippen molar-refractivity contribution in [3.63, 3.8) is 0 Å². The van der Waals surface area contributed by atoms with E-state index < -0.39 is 0 Å². The molecule has 0 amide bonds. The van der Waals surface area contributed by atoms with Crippen LogP contribution in [0.5, 0.6) is 0 Å². The van der Waals surface area contributed by atoms with Crippen LogP contribution >= 0.6 is 0 Å². The summed E-state index contributed by atoms with van der Waals surface area (Å²) < 4.78 is 0. The largest absolute Gasteiger partial charge is 0.0622 e. The van der Waals surface area contributed by atoms with Gasteiger partial charge in [0.15, 0.2) is 0 Å². The molecule has 6 aromatic rings. The molecule has 0 heterocycles. The fourth-order valence-corrected chi connectivity index (χ4v) is 6.06. The molecular weight excluding hydrogens is 420 g/mol. The second-order valence-corrected chi connectivity index (χ2v) is 10.2. The molecule has 0 aliphatic heterocycles. The van der Waals surface area contributed by atoms with E-state index in [4.69, 9.17) is 0 Å². The zero-order valence-electron chi connectivity index (χ0n) is 20.0. The second-order valence-electron chi connectivity index (χ2n) is 10.2. The highest BCUT2D eigenvalue weighted by molar-refractivity contribution is 6.14. The molecule has 0 heteroatoms. The van der Waals surface area contributed by atoms with E-state index in [0.29, 0.717) is 0 Å². The van der Waals surface area contributed by atoms with Crippen LogP contribution in [0.4, 0.5) is 0 Å². The van der Waals surface area contributed by atoms with Gasteiger partial charge in [-0.25, -0.2) is 0 Å². The lowest BCUT2D eigenvalue weighted by atomic mass is 9.81. The van der Waals surface area contributed by atoms with Crippen LogP contribution in [0, 0.1) is 0 Å². The minimum Gasteiger partial charge on any atom is -0.0622 e. The van der Waals surface area contributed by atoms with E-state index in [-0.39, 0.29) is 5.41 Å². The van der Waals surface area contributed by atoms with Gasteiger partial charge >= 0.3 is 0 Å². The van der Waals surface area contributed by atoms with Crippen LogP contribution in [-0.4, -0.2) is 0 Å². The molecule has 0 fully saturated rings. The lowest BCUT2D eigenvalue weighted by molar-refractivity contribution is 0.661. The van der Waals surface area contributed by atoms with Crippen molar-refractivity contribution in [3.05, 3.63) is 132 Å². The Balaban J connectivity index is 1.56. The molecule has 0 N–H and O–H groups in total. The number of benzene rings is 6. The maximum Gasteiger partial charge on any atom is 0.0159 e. The maximum atomic E-state index is 2.47. The molecule has 0 atom stereocenters. The third-order valence-electron chi connectivity index (χ3n) is 7.82. The minimum atomic E-state index is -0.0189. The SMILES string of the molecule is CC1(C)c2ccccc2-c2cc3cc4ccccc4c(-c4cccc(-c5ccccc5)c4)c3cc21. The van der Waals surface area contributed by atoms with Gasteiger partial charge in [-0.2, -0.15) is 0 Å². The standard InChI is InChI=1S/C35H26/c1-35(2)32-18-9-8-17-29(32)31-21-27-20-25-13-6-7-16-28(25)34(30(27)22-33(31)35)26-15-10-14-24(19-26)23-11-4-3-5-12-23/h3-22H,1-2H3. The first kappa shape index (κ1) is 20.2. The predicted octanol–water partition coefficient (Wildman–Crippen LogP) is 9.63. The average Bonchev–Trinajstić information content (AvgIpc) is 3.13. The van der Waals surface area contributed by atoms with Crippen LogP contribution in [0.25, 0.3) is 54.9 Å². The topological polar surface area (TPSA) is 0 Å². The van der Waals surface area contributed by atoms with Gasteiger partial charge in [-0.15, -0.1) is 0 Å². The lowest BCUT2D eigenvalue weighted by Gasteiger charge is -2.22. The van der Waals surface area contributed by atoms with Gasteiger partial charge in [0, 0.05) is 5.41 Å². The third kappa shape index (κ3) is 3.00. The summed E-state index contributed by atoms with van der Waals surface area (Å²) in [5, 5.41) is 5.22. The van der Waals surface area contributed by atoms with Crippen LogP contribution in [0.2, 0.25) is 0 Å². The molecule has 166 valence electrons. The van der Waals surface area contributed by atoms with Crippen molar-refractivity contribution in [3.8, 4) is 33.4 Å². The Bertz CT molecular complexity index is 1750. The van der Waals surface area contributed by atoms with Crippen molar-refractivity contribution in [2.45, 2.75) is 19.3 Å². The summed E-state index contributed by atoms with van der Waals surface area (Å²) in [6.07, 6.45) is 0. The lowest BCUT2D eigenvalue weighted by Crippen LogP contribution is -2.14. The maximum absolute atomic E-state index is 2.47. The van der Waals surface area contributed by atoms with Crippen LogP contribution in [0.1, 0.15) is 25.0 Å². The summed E-state index contributed by atoms with van der Waals surface area (Å²) in [7, 11) is 0. The molecule has 35 heavy (non-hydrogen) atoms. The van der Waals surface area contributed by atoms with Gasteiger partial charge in [0.1, 0.15) is 0 Å². The molecule has 7 rings (SSSR count). The molecule has 0 spiro atoms. The van der Waals surface area contributed by atoms with Crippen molar-refractivity contribution in [2.24, 2.45) is 0 Å². The fourth-order valence-electron chi connectivity index (χ4n) is 6.06. The van der Waals surface area contributed by atoms with Gasteiger partial charge in [0.05, 0.1) is 0 Å². The molecule has 0 nitrogen and oxygen atoms in total. The molecule has 1 aliphatic rings. The monoisotopic (exact) mass is 446 g/mol. The van der Waals surface area contributed by atoms with Gasteiger partial charge in [-0.05, 0) is 90.3 Å². The summed E-state index contributed by atoms with van der Waals surface area (Å²) >= 11 is 0. The Kier molecular flexibility index (Phi) is 4.29. The van der Waals surface area contributed by atoms with Crippen molar-refractivity contribution >= 4 is 21.5 Å². The van der Waals surface area contributed by atoms with E-state index in [1.165, 1.54) is 66.1 Å². The van der Waals surface area contributed by atoms with Crippen LogP contribution in [-0.2, 0) is 5.41 Å². The molecular formula is C35H26. The highest BCUT2D eigenvalue weighted by Gasteiger charge is 2.35. The summed E-state index contributed by atoms with van der Waals surface area (Å²) in [4.78, 5) is 0. The normalized spacial score (nSPS) is 13.7. The summed E-state index contributed by atoms with van der Waals surface area (Å²) in [6, 6.07) is 44.7. The highest BCUT2D eigenvalue weighted by atomic mass is 14.4. The van der Waals surface area contributed by atoms with E-state index in [0.717, 1.165) is 0 Å². The third-order valence-corrected chi connectivity index (χ3v) is 7.82. The molecule has 0 unspecified atom stereocenters. The van der Waals surface area contributed by atoms with Gasteiger partial charge in [0.2, 0.25) is 0 Å².